The maximum atomic E-state index is 12.1. The number of fused-ring (bicyclic) bond motifs is 1. The maximum Gasteiger partial charge on any atom is 0.220 e. The number of thiophene rings is 1. The Morgan fingerprint density at radius 2 is 2.00 bits per heavy atom. The lowest BCUT2D eigenvalue weighted by Crippen LogP contribution is -2.30. The van der Waals surface area contributed by atoms with Crippen LogP contribution in [0.2, 0.25) is 0 Å². The standard InChI is InChI=1S/C17H17NO2S2/c19-14(16-6-3-10-21-16)7-8-17(20)18-13-9-11-22-15-5-2-1-4-12(13)15/h1-6,10,13H,7-9,11H2,(H,18,20). The molecule has 1 atom stereocenters. The molecule has 2 aromatic rings. The van der Waals surface area contributed by atoms with E-state index in [2.05, 4.69) is 17.4 Å². The molecule has 0 bridgehead atoms. The molecule has 2 heterocycles. The number of carbonyl (C=O) groups excluding carboxylic acids is 2. The number of Topliss-reactive ketones (excluding diaryl/α,β-unsaturated/α-hetero) is 1. The van der Waals surface area contributed by atoms with Crippen molar-refractivity contribution in [3.05, 3.63) is 52.2 Å². The normalized spacial score (nSPS) is 16.8. The topological polar surface area (TPSA) is 46.2 Å². The van der Waals surface area contributed by atoms with Crippen molar-refractivity contribution >= 4 is 34.8 Å². The van der Waals surface area contributed by atoms with Crippen LogP contribution in [0.4, 0.5) is 0 Å². The molecule has 1 N–H and O–H groups in total. The minimum Gasteiger partial charge on any atom is -0.349 e. The number of nitrogens with one attached hydrogen (secondary N) is 1. The van der Waals surface area contributed by atoms with Gasteiger partial charge >= 0.3 is 0 Å². The van der Waals surface area contributed by atoms with Crippen LogP contribution in [0.15, 0.2) is 46.7 Å². The van der Waals surface area contributed by atoms with Crippen LogP contribution >= 0.6 is 23.1 Å². The van der Waals surface area contributed by atoms with Crippen molar-refractivity contribution < 1.29 is 9.59 Å². The molecule has 0 saturated heterocycles. The summed E-state index contributed by atoms with van der Waals surface area (Å²) >= 11 is 3.26. The molecule has 1 unspecified atom stereocenters. The molecule has 1 aromatic carbocycles. The highest BCUT2D eigenvalue weighted by Gasteiger charge is 2.22. The van der Waals surface area contributed by atoms with Crippen molar-refractivity contribution in [1.29, 1.82) is 0 Å². The first-order chi connectivity index (χ1) is 10.7. The Morgan fingerprint density at radius 1 is 1.14 bits per heavy atom. The van der Waals surface area contributed by atoms with Gasteiger partial charge in [0.25, 0.3) is 0 Å². The Bertz CT molecular complexity index is 667. The number of ketones is 1. The van der Waals surface area contributed by atoms with Crippen molar-refractivity contribution in [2.45, 2.75) is 30.2 Å². The van der Waals surface area contributed by atoms with Crippen LogP contribution < -0.4 is 5.32 Å². The minimum atomic E-state index is -0.0448. The van der Waals surface area contributed by atoms with E-state index in [4.69, 9.17) is 0 Å². The molecule has 0 spiro atoms. The molecule has 0 radical (unpaired) electrons. The van der Waals surface area contributed by atoms with Crippen molar-refractivity contribution in [3.63, 3.8) is 0 Å². The van der Waals surface area contributed by atoms with Gasteiger partial charge in [-0.15, -0.1) is 23.1 Å². The second-order valence-electron chi connectivity index (χ2n) is 5.20. The maximum absolute atomic E-state index is 12.1. The molecule has 3 nitrogen and oxygen atoms in total. The summed E-state index contributed by atoms with van der Waals surface area (Å²) in [4.78, 5) is 26.0. The van der Waals surface area contributed by atoms with Gasteiger partial charge < -0.3 is 5.32 Å². The van der Waals surface area contributed by atoms with Crippen LogP contribution in [0.1, 0.15) is 40.5 Å². The van der Waals surface area contributed by atoms with Crippen LogP contribution in [0, 0.1) is 0 Å². The Morgan fingerprint density at radius 3 is 2.82 bits per heavy atom. The molecule has 1 aliphatic rings. The summed E-state index contributed by atoms with van der Waals surface area (Å²) in [6.45, 7) is 0. The van der Waals surface area contributed by atoms with E-state index in [0.717, 1.165) is 17.1 Å². The first-order valence-corrected chi connectivity index (χ1v) is 9.18. The highest BCUT2D eigenvalue weighted by Crippen LogP contribution is 2.35. The van der Waals surface area contributed by atoms with Gasteiger partial charge in [0.2, 0.25) is 5.91 Å². The van der Waals surface area contributed by atoms with E-state index >= 15 is 0 Å². The van der Waals surface area contributed by atoms with E-state index in [-0.39, 0.29) is 30.6 Å². The van der Waals surface area contributed by atoms with E-state index in [1.165, 1.54) is 21.8 Å². The molecule has 0 fully saturated rings. The molecule has 5 heteroatoms. The zero-order valence-electron chi connectivity index (χ0n) is 12.1. The fraction of sp³-hybridized carbons (Fsp3) is 0.294. The van der Waals surface area contributed by atoms with Gasteiger partial charge in [-0.2, -0.15) is 0 Å². The van der Waals surface area contributed by atoms with Gasteiger partial charge in [-0.05, 0) is 29.5 Å². The fourth-order valence-electron chi connectivity index (χ4n) is 2.55. The molecule has 22 heavy (non-hydrogen) atoms. The predicted octanol–water partition coefficient (Wildman–Crippen LogP) is 4.06. The number of hydrogen-bond acceptors (Lipinski definition) is 4. The van der Waals surface area contributed by atoms with Gasteiger partial charge in [-0.25, -0.2) is 0 Å². The smallest absolute Gasteiger partial charge is 0.220 e. The van der Waals surface area contributed by atoms with E-state index in [1.807, 2.05) is 35.3 Å². The molecule has 114 valence electrons. The molecular formula is C17H17NO2S2. The van der Waals surface area contributed by atoms with E-state index in [9.17, 15) is 9.59 Å². The molecule has 1 aliphatic heterocycles. The van der Waals surface area contributed by atoms with Gasteiger partial charge in [0.1, 0.15) is 0 Å². The van der Waals surface area contributed by atoms with E-state index < -0.39 is 0 Å². The van der Waals surface area contributed by atoms with Crippen LogP contribution in [-0.4, -0.2) is 17.4 Å². The summed E-state index contributed by atoms with van der Waals surface area (Å²) in [7, 11) is 0. The van der Waals surface area contributed by atoms with Gasteiger partial charge in [0.05, 0.1) is 10.9 Å². The number of carbonyl (C=O) groups is 2. The SMILES string of the molecule is O=C(CCC(=O)c1cccs1)NC1CCSc2ccccc21. The van der Waals surface area contributed by atoms with Crippen LogP contribution in [0.25, 0.3) is 0 Å². The van der Waals surface area contributed by atoms with Crippen LogP contribution in [0.5, 0.6) is 0 Å². The number of hydrogen-bond donors (Lipinski definition) is 1. The van der Waals surface area contributed by atoms with E-state index in [0.29, 0.717) is 0 Å². The second-order valence-corrected chi connectivity index (χ2v) is 7.28. The minimum absolute atomic E-state index is 0.0448. The Labute approximate surface area is 138 Å². The number of thioether (sulfide) groups is 1. The fourth-order valence-corrected chi connectivity index (χ4v) is 4.37. The first-order valence-electron chi connectivity index (χ1n) is 7.32. The molecule has 3 rings (SSSR count). The third-order valence-corrected chi connectivity index (χ3v) is 5.70. The van der Waals surface area contributed by atoms with Crippen molar-refractivity contribution in [1.82, 2.24) is 5.32 Å². The average Bonchev–Trinajstić information content (AvgIpc) is 3.07. The zero-order valence-corrected chi connectivity index (χ0v) is 13.7. The molecule has 0 aliphatic carbocycles. The summed E-state index contributed by atoms with van der Waals surface area (Å²) < 4.78 is 0. The lowest BCUT2D eigenvalue weighted by atomic mass is 10.0. The second kappa shape index (κ2) is 7.11. The quantitative estimate of drug-likeness (QED) is 0.840. The zero-order chi connectivity index (χ0) is 15.4. The predicted molar refractivity (Wildman–Crippen MR) is 90.6 cm³/mol. The Kier molecular flexibility index (Phi) is 4.95. The summed E-state index contributed by atoms with van der Waals surface area (Å²) in [6.07, 6.45) is 1.46. The van der Waals surface area contributed by atoms with Crippen LogP contribution in [-0.2, 0) is 4.79 Å². The van der Waals surface area contributed by atoms with Gasteiger partial charge in [0, 0.05) is 23.5 Å². The third kappa shape index (κ3) is 3.59. The van der Waals surface area contributed by atoms with Gasteiger partial charge in [0.15, 0.2) is 5.78 Å². The molecule has 1 amide bonds. The van der Waals surface area contributed by atoms with Crippen LogP contribution in [0.3, 0.4) is 0 Å². The molecular weight excluding hydrogens is 314 g/mol. The monoisotopic (exact) mass is 331 g/mol. The highest BCUT2D eigenvalue weighted by atomic mass is 32.2. The lowest BCUT2D eigenvalue weighted by Gasteiger charge is -2.25. The van der Waals surface area contributed by atoms with Crippen molar-refractivity contribution in [2.24, 2.45) is 0 Å². The summed E-state index contributed by atoms with van der Waals surface area (Å²) in [5, 5.41) is 4.95. The average molecular weight is 331 g/mol. The largest absolute Gasteiger partial charge is 0.349 e. The summed E-state index contributed by atoms with van der Waals surface area (Å²) in [5.41, 5.74) is 1.19. The summed E-state index contributed by atoms with van der Waals surface area (Å²) in [6, 6.07) is 11.9. The Balaban J connectivity index is 1.55. The first kappa shape index (κ1) is 15.3. The van der Waals surface area contributed by atoms with E-state index in [1.54, 1.807) is 6.07 Å². The number of rotatable bonds is 5. The highest BCUT2D eigenvalue weighted by molar-refractivity contribution is 7.99. The van der Waals surface area contributed by atoms with Crippen molar-refractivity contribution in [3.8, 4) is 0 Å². The number of amides is 1. The number of benzene rings is 1. The summed E-state index contributed by atoms with van der Waals surface area (Å²) in [5.74, 6) is 1.01. The third-order valence-electron chi connectivity index (χ3n) is 3.67. The van der Waals surface area contributed by atoms with Gasteiger partial charge in [-0.1, -0.05) is 24.3 Å². The van der Waals surface area contributed by atoms with Gasteiger partial charge in [-0.3, -0.25) is 9.59 Å². The molecule has 1 aromatic heterocycles. The van der Waals surface area contributed by atoms with Crippen molar-refractivity contribution in [2.75, 3.05) is 5.75 Å². The Hall–Kier alpha value is -1.59. The lowest BCUT2D eigenvalue weighted by molar-refractivity contribution is -0.121. The molecule has 0 saturated carbocycles.